The maximum atomic E-state index is 6.35. The largest absolute Gasteiger partial charge is 0.321 e. The van der Waals surface area contributed by atoms with Crippen molar-refractivity contribution in [3.63, 3.8) is 0 Å². The van der Waals surface area contributed by atoms with E-state index in [1.807, 2.05) is 11.4 Å². The third-order valence-corrected chi connectivity index (χ3v) is 4.30. The SMILES string of the molecule is NC1(c2cc(Cl)cs2)CCCCC1. The molecule has 0 aliphatic heterocycles. The standard InChI is InChI=1S/C10H14ClNS/c11-8-6-9(13-7-8)10(12)4-2-1-3-5-10/h6-7H,1-5,12H2. The third kappa shape index (κ3) is 1.90. The molecule has 1 saturated carbocycles. The second-order valence-corrected chi connectivity index (χ2v) is 5.19. The van der Waals surface area contributed by atoms with E-state index in [1.54, 1.807) is 11.3 Å². The van der Waals surface area contributed by atoms with Crippen LogP contribution in [-0.4, -0.2) is 0 Å². The van der Waals surface area contributed by atoms with Gasteiger partial charge in [0.25, 0.3) is 0 Å². The Hall–Kier alpha value is -0.0500. The van der Waals surface area contributed by atoms with Crippen molar-refractivity contribution in [3.05, 3.63) is 21.3 Å². The summed E-state index contributed by atoms with van der Waals surface area (Å²) >= 11 is 7.59. The first-order valence-corrected chi connectivity index (χ1v) is 6.00. The maximum absolute atomic E-state index is 6.35. The lowest BCUT2D eigenvalue weighted by Gasteiger charge is -2.32. The summed E-state index contributed by atoms with van der Waals surface area (Å²) in [6.07, 6.45) is 6.07. The molecule has 1 aliphatic carbocycles. The minimum atomic E-state index is -0.0734. The van der Waals surface area contributed by atoms with Crippen LogP contribution in [-0.2, 0) is 5.54 Å². The van der Waals surface area contributed by atoms with Crippen LogP contribution in [0.3, 0.4) is 0 Å². The first kappa shape index (κ1) is 9.50. The second kappa shape index (κ2) is 3.60. The van der Waals surface area contributed by atoms with Gasteiger partial charge in [0.15, 0.2) is 0 Å². The highest BCUT2D eigenvalue weighted by Gasteiger charge is 2.30. The number of halogens is 1. The molecule has 72 valence electrons. The van der Waals surface area contributed by atoms with Gasteiger partial charge in [0, 0.05) is 10.3 Å². The van der Waals surface area contributed by atoms with Crippen LogP contribution in [0.2, 0.25) is 5.02 Å². The molecule has 1 aromatic rings. The fourth-order valence-electron chi connectivity index (χ4n) is 2.00. The number of hydrogen-bond donors (Lipinski definition) is 1. The molecule has 1 aromatic heterocycles. The predicted molar refractivity (Wildman–Crippen MR) is 58.3 cm³/mol. The molecule has 1 nitrogen and oxygen atoms in total. The molecule has 1 fully saturated rings. The molecule has 1 heterocycles. The number of rotatable bonds is 1. The van der Waals surface area contributed by atoms with Crippen LogP contribution >= 0.6 is 22.9 Å². The quantitative estimate of drug-likeness (QED) is 0.762. The summed E-state index contributed by atoms with van der Waals surface area (Å²) in [5, 5.41) is 2.80. The molecule has 13 heavy (non-hydrogen) atoms. The van der Waals surface area contributed by atoms with Gasteiger partial charge in [-0.1, -0.05) is 30.9 Å². The van der Waals surface area contributed by atoms with Crippen LogP contribution in [0.5, 0.6) is 0 Å². The monoisotopic (exact) mass is 215 g/mol. The van der Waals surface area contributed by atoms with Crippen molar-refractivity contribution in [2.24, 2.45) is 5.73 Å². The summed E-state index contributed by atoms with van der Waals surface area (Å²) < 4.78 is 0. The van der Waals surface area contributed by atoms with Gasteiger partial charge in [-0.05, 0) is 18.9 Å². The lowest BCUT2D eigenvalue weighted by Crippen LogP contribution is -2.37. The van der Waals surface area contributed by atoms with Gasteiger partial charge in [-0.25, -0.2) is 0 Å². The summed E-state index contributed by atoms with van der Waals surface area (Å²) in [7, 11) is 0. The van der Waals surface area contributed by atoms with Crippen LogP contribution in [0.15, 0.2) is 11.4 Å². The lowest BCUT2D eigenvalue weighted by atomic mass is 9.81. The molecule has 0 saturated heterocycles. The van der Waals surface area contributed by atoms with Crippen LogP contribution in [0, 0.1) is 0 Å². The Morgan fingerprint density at radius 2 is 2.00 bits per heavy atom. The summed E-state index contributed by atoms with van der Waals surface area (Å²) in [5.41, 5.74) is 6.27. The fourth-order valence-corrected chi connectivity index (χ4v) is 3.25. The predicted octanol–water partition coefficient (Wildman–Crippen LogP) is 3.52. The fraction of sp³-hybridized carbons (Fsp3) is 0.600. The molecule has 3 heteroatoms. The first-order valence-electron chi connectivity index (χ1n) is 4.74. The number of thiophene rings is 1. The van der Waals surface area contributed by atoms with Crippen molar-refractivity contribution in [2.45, 2.75) is 37.6 Å². The van der Waals surface area contributed by atoms with Gasteiger partial charge in [0.2, 0.25) is 0 Å². The van der Waals surface area contributed by atoms with Crippen molar-refractivity contribution in [3.8, 4) is 0 Å². The van der Waals surface area contributed by atoms with Gasteiger partial charge >= 0.3 is 0 Å². The molecule has 0 atom stereocenters. The van der Waals surface area contributed by atoms with Crippen LogP contribution in [0.1, 0.15) is 37.0 Å². The Balaban J connectivity index is 2.22. The normalized spacial score (nSPS) is 21.7. The van der Waals surface area contributed by atoms with Gasteiger partial charge in [-0.2, -0.15) is 0 Å². The highest BCUT2D eigenvalue weighted by Crippen LogP contribution is 2.38. The molecule has 0 bridgehead atoms. The van der Waals surface area contributed by atoms with Gasteiger partial charge < -0.3 is 5.73 Å². The topological polar surface area (TPSA) is 26.0 Å². The molecule has 0 amide bonds. The van der Waals surface area contributed by atoms with Crippen molar-refractivity contribution >= 4 is 22.9 Å². The molecular formula is C10H14ClNS. The van der Waals surface area contributed by atoms with E-state index in [9.17, 15) is 0 Å². The van der Waals surface area contributed by atoms with Gasteiger partial charge in [0.05, 0.1) is 10.6 Å². The van der Waals surface area contributed by atoms with Crippen LogP contribution in [0.25, 0.3) is 0 Å². The molecular weight excluding hydrogens is 202 g/mol. The summed E-state index contributed by atoms with van der Waals surface area (Å²) in [5.74, 6) is 0. The summed E-state index contributed by atoms with van der Waals surface area (Å²) in [6.45, 7) is 0. The third-order valence-electron chi connectivity index (χ3n) is 2.80. The Bertz CT molecular complexity index is 289. The van der Waals surface area contributed by atoms with Crippen LogP contribution in [0.4, 0.5) is 0 Å². The highest BCUT2D eigenvalue weighted by molar-refractivity contribution is 7.10. The van der Waals surface area contributed by atoms with E-state index in [1.165, 1.54) is 24.1 Å². The summed E-state index contributed by atoms with van der Waals surface area (Å²) in [6, 6.07) is 2.03. The van der Waals surface area contributed by atoms with Gasteiger partial charge in [-0.15, -0.1) is 11.3 Å². The summed E-state index contributed by atoms with van der Waals surface area (Å²) in [4.78, 5) is 1.26. The highest BCUT2D eigenvalue weighted by atomic mass is 35.5. The Morgan fingerprint density at radius 1 is 1.31 bits per heavy atom. The van der Waals surface area contributed by atoms with Crippen molar-refractivity contribution in [1.29, 1.82) is 0 Å². The zero-order valence-corrected chi connectivity index (χ0v) is 9.13. The minimum Gasteiger partial charge on any atom is -0.321 e. The first-order chi connectivity index (χ1) is 6.21. The minimum absolute atomic E-state index is 0.0734. The van der Waals surface area contributed by atoms with Crippen molar-refractivity contribution in [2.75, 3.05) is 0 Å². The number of nitrogens with two attached hydrogens (primary N) is 1. The van der Waals surface area contributed by atoms with E-state index in [2.05, 4.69) is 0 Å². The van der Waals surface area contributed by atoms with E-state index in [-0.39, 0.29) is 5.54 Å². The second-order valence-electron chi connectivity index (χ2n) is 3.85. The smallest absolute Gasteiger partial charge is 0.0516 e. The molecule has 0 spiro atoms. The van der Waals surface area contributed by atoms with Gasteiger partial charge in [0.1, 0.15) is 0 Å². The van der Waals surface area contributed by atoms with Crippen LogP contribution < -0.4 is 5.73 Å². The van der Waals surface area contributed by atoms with Crippen molar-refractivity contribution in [1.82, 2.24) is 0 Å². The molecule has 0 aromatic carbocycles. The number of hydrogen-bond acceptors (Lipinski definition) is 2. The molecule has 2 N–H and O–H groups in total. The Morgan fingerprint density at radius 3 is 2.54 bits per heavy atom. The molecule has 1 aliphatic rings. The van der Waals surface area contributed by atoms with E-state index >= 15 is 0 Å². The molecule has 0 radical (unpaired) electrons. The van der Waals surface area contributed by atoms with E-state index in [0.29, 0.717) is 0 Å². The average molecular weight is 216 g/mol. The maximum Gasteiger partial charge on any atom is 0.0516 e. The van der Waals surface area contributed by atoms with Gasteiger partial charge in [-0.3, -0.25) is 0 Å². The van der Waals surface area contributed by atoms with E-state index < -0.39 is 0 Å². The average Bonchev–Trinajstić information content (AvgIpc) is 2.54. The van der Waals surface area contributed by atoms with E-state index in [4.69, 9.17) is 17.3 Å². The lowest BCUT2D eigenvalue weighted by molar-refractivity contribution is 0.308. The Labute approximate surface area is 87.9 Å². The molecule has 2 rings (SSSR count). The zero-order chi connectivity index (χ0) is 9.31. The van der Waals surface area contributed by atoms with Crippen molar-refractivity contribution < 1.29 is 0 Å². The Kier molecular flexibility index (Phi) is 2.63. The molecule has 0 unspecified atom stereocenters. The van der Waals surface area contributed by atoms with E-state index in [0.717, 1.165) is 17.9 Å². The zero-order valence-electron chi connectivity index (χ0n) is 7.55.